The van der Waals surface area contributed by atoms with Crippen molar-refractivity contribution < 1.29 is 13.2 Å². The molecular formula is C11H10BrF3N2. The molecule has 0 aliphatic heterocycles. The molecule has 0 saturated carbocycles. The molecule has 6 heteroatoms. The molecule has 0 aromatic heterocycles. The Kier molecular flexibility index (Phi) is 4.40. The number of alkyl halides is 3. The normalized spacial score (nSPS) is 12.9. The minimum Gasteiger partial charge on any atom is -0.381 e. The van der Waals surface area contributed by atoms with Crippen LogP contribution >= 0.6 is 15.9 Å². The molecule has 0 radical (unpaired) electrons. The van der Waals surface area contributed by atoms with Gasteiger partial charge in [-0.25, -0.2) is 0 Å². The van der Waals surface area contributed by atoms with Crippen molar-refractivity contribution in [2.24, 2.45) is 0 Å². The minimum absolute atomic E-state index is 0.209. The van der Waals surface area contributed by atoms with E-state index in [0.29, 0.717) is 10.2 Å². The third kappa shape index (κ3) is 3.93. The largest absolute Gasteiger partial charge is 0.416 e. The Bertz CT molecular complexity index is 437. The van der Waals surface area contributed by atoms with Gasteiger partial charge in [-0.2, -0.15) is 18.4 Å². The first-order chi connectivity index (χ1) is 7.84. The summed E-state index contributed by atoms with van der Waals surface area (Å²) in [6, 6.07) is 5.11. The molecule has 1 rings (SSSR count). The maximum absolute atomic E-state index is 12.5. The molecular weight excluding hydrogens is 297 g/mol. The standard InChI is InChI=1S/C11H10BrF3N2/c1-7(4-5-16)17-10-6-8(11(13,14)15)2-3-9(10)12/h2-3,6-7,17H,4H2,1H3. The van der Waals surface area contributed by atoms with E-state index in [4.69, 9.17) is 5.26 Å². The van der Waals surface area contributed by atoms with Crippen molar-refractivity contribution in [3.05, 3.63) is 28.2 Å². The fourth-order valence-corrected chi connectivity index (χ4v) is 1.63. The number of nitrogens with zero attached hydrogens (tertiary/aromatic N) is 1. The molecule has 0 aliphatic rings. The zero-order valence-electron chi connectivity index (χ0n) is 8.98. The lowest BCUT2D eigenvalue weighted by Crippen LogP contribution is -2.15. The molecule has 0 heterocycles. The van der Waals surface area contributed by atoms with Crippen LogP contribution in [-0.4, -0.2) is 6.04 Å². The van der Waals surface area contributed by atoms with Crippen molar-refractivity contribution in [2.45, 2.75) is 25.6 Å². The second-order valence-electron chi connectivity index (χ2n) is 3.60. The Balaban J connectivity index is 2.96. The van der Waals surface area contributed by atoms with Crippen molar-refractivity contribution in [2.75, 3.05) is 5.32 Å². The second-order valence-corrected chi connectivity index (χ2v) is 4.45. The Hall–Kier alpha value is -1.22. The molecule has 0 saturated heterocycles. The van der Waals surface area contributed by atoms with Crippen LogP contribution in [0.15, 0.2) is 22.7 Å². The summed E-state index contributed by atoms with van der Waals surface area (Å²) in [4.78, 5) is 0. The number of halogens is 4. The van der Waals surface area contributed by atoms with Crippen LogP contribution in [0.5, 0.6) is 0 Å². The van der Waals surface area contributed by atoms with Crippen LogP contribution in [0.2, 0.25) is 0 Å². The Morgan fingerprint density at radius 1 is 1.47 bits per heavy atom. The summed E-state index contributed by atoms with van der Waals surface area (Å²) in [6.45, 7) is 1.73. The predicted molar refractivity (Wildman–Crippen MR) is 62.5 cm³/mol. The number of anilines is 1. The quantitative estimate of drug-likeness (QED) is 0.909. The van der Waals surface area contributed by atoms with E-state index in [1.54, 1.807) is 6.92 Å². The van der Waals surface area contributed by atoms with Crippen molar-refractivity contribution in [3.8, 4) is 6.07 Å². The summed E-state index contributed by atoms with van der Waals surface area (Å²) in [5.74, 6) is 0. The zero-order chi connectivity index (χ0) is 13.1. The molecule has 0 bridgehead atoms. The molecule has 0 spiro atoms. The molecule has 0 fully saturated rings. The summed E-state index contributed by atoms with van der Waals surface area (Å²) in [5, 5.41) is 11.3. The topological polar surface area (TPSA) is 35.8 Å². The van der Waals surface area contributed by atoms with Gasteiger partial charge in [0.2, 0.25) is 0 Å². The lowest BCUT2D eigenvalue weighted by atomic mass is 10.1. The summed E-state index contributed by atoms with van der Waals surface area (Å²) in [6.07, 6.45) is -4.14. The van der Waals surface area contributed by atoms with Crippen LogP contribution in [0.1, 0.15) is 18.9 Å². The van der Waals surface area contributed by atoms with Crippen molar-refractivity contribution in [1.82, 2.24) is 0 Å². The van der Waals surface area contributed by atoms with E-state index in [-0.39, 0.29) is 12.5 Å². The molecule has 1 unspecified atom stereocenters. The van der Waals surface area contributed by atoms with E-state index in [1.165, 1.54) is 6.07 Å². The Morgan fingerprint density at radius 2 is 2.12 bits per heavy atom. The predicted octanol–water partition coefficient (Wildman–Crippen LogP) is 4.18. The Labute approximate surface area is 106 Å². The first-order valence-corrected chi connectivity index (χ1v) is 5.64. The van der Waals surface area contributed by atoms with Gasteiger partial charge in [0.05, 0.1) is 18.1 Å². The van der Waals surface area contributed by atoms with Crippen LogP contribution in [-0.2, 0) is 6.18 Å². The van der Waals surface area contributed by atoms with Gasteiger partial charge in [0, 0.05) is 16.2 Å². The average Bonchev–Trinajstić information content (AvgIpc) is 2.20. The lowest BCUT2D eigenvalue weighted by molar-refractivity contribution is -0.137. The molecule has 2 nitrogen and oxygen atoms in total. The van der Waals surface area contributed by atoms with Crippen LogP contribution in [0.4, 0.5) is 18.9 Å². The Morgan fingerprint density at radius 3 is 2.65 bits per heavy atom. The van der Waals surface area contributed by atoms with E-state index in [1.807, 2.05) is 6.07 Å². The maximum atomic E-state index is 12.5. The van der Waals surface area contributed by atoms with Gasteiger partial charge in [-0.15, -0.1) is 0 Å². The van der Waals surface area contributed by atoms with Crippen molar-refractivity contribution in [3.63, 3.8) is 0 Å². The number of nitriles is 1. The van der Waals surface area contributed by atoms with Gasteiger partial charge in [-0.1, -0.05) is 0 Å². The zero-order valence-corrected chi connectivity index (χ0v) is 10.6. The van der Waals surface area contributed by atoms with E-state index < -0.39 is 11.7 Å². The molecule has 1 atom stereocenters. The molecule has 92 valence electrons. The highest BCUT2D eigenvalue weighted by atomic mass is 79.9. The number of hydrogen-bond acceptors (Lipinski definition) is 2. The molecule has 0 aliphatic carbocycles. The maximum Gasteiger partial charge on any atom is 0.416 e. The molecule has 1 aromatic carbocycles. The van der Waals surface area contributed by atoms with Crippen LogP contribution in [0.25, 0.3) is 0 Å². The van der Waals surface area contributed by atoms with Gasteiger partial charge in [0.15, 0.2) is 0 Å². The molecule has 17 heavy (non-hydrogen) atoms. The SMILES string of the molecule is CC(CC#N)Nc1cc(C(F)(F)F)ccc1Br. The summed E-state index contributed by atoms with van der Waals surface area (Å²) < 4.78 is 38.0. The fraction of sp³-hybridized carbons (Fsp3) is 0.364. The summed E-state index contributed by atoms with van der Waals surface area (Å²) in [5.41, 5.74) is -0.380. The molecule has 1 N–H and O–H groups in total. The first-order valence-electron chi connectivity index (χ1n) is 4.85. The van der Waals surface area contributed by atoms with Crippen LogP contribution in [0.3, 0.4) is 0 Å². The van der Waals surface area contributed by atoms with Gasteiger partial charge in [0.25, 0.3) is 0 Å². The highest BCUT2D eigenvalue weighted by Crippen LogP contribution is 2.34. The molecule has 1 aromatic rings. The van der Waals surface area contributed by atoms with E-state index in [9.17, 15) is 13.2 Å². The average molecular weight is 307 g/mol. The smallest absolute Gasteiger partial charge is 0.381 e. The fourth-order valence-electron chi connectivity index (χ4n) is 1.27. The van der Waals surface area contributed by atoms with Gasteiger partial charge in [0.1, 0.15) is 0 Å². The number of hydrogen-bond donors (Lipinski definition) is 1. The van der Waals surface area contributed by atoms with Crippen LogP contribution < -0.4 is 5.32 Å². The third-order valence-corrected chi connectivity index (χ3v) is 2.78. The number of nitrogens with one attached hydrogen (secondary N) is 1. The van der Waals surface area contributed by atoms with E-state index in [2.05, 4.69) is 21.2 Å². The van der Waals surface area contributed by atoms with Crippen molar-refractivity contribution in [1.29, 1.82) is 5.26 Å². The summed E-state index contributed by atoms with van der Waals surface area (Å²) in [7, 11) is 0. The van der Waals surface area contributed by atoms with Gasteiger partial charge in [-0.05, 0) is 41.1 Å². The van der Waals surface area contributed by atoms with Gasteiger partial charge >= 0.3 is 6.18 Å². The minimum atomic E-state index is -4.37. The van der Waals surface area contributed by atoms with E-state index >= 15 is 0 Å². The lowest BCUT2D eigenvalue weighted by Gasteiger charge is -2.15. The number of benzene rings is 1. The van der Waals surface area contributed by atoms with Crippen LogP contribution in [0, 0.1) is 11.3 Å². The van der Waals surface area contributed by atoms with Gasteiger partial charge < -0.3 is 5.32 Å². The highest BCUT2D eigenvalue weighted by Gasteiger charge is 2.30. The first kappa shape index (κ1) is 13.8. The number of rotatable bonds is 3. The van der Waals surface area contributed by atoms with Gasteiger partial charge in [-0.3, -0.25) is 0 Å². The third-order valence-electron chi connectivity index (χ3n) is 2.09. The summed E-state index contributed by atoms with van der Waals surface area (Å²) >= 11 is 3.16. The van der Waals surface area contributed by atoms with Crippen molar-refractivity contribution >= 4 is 21.6 Å². The van der Waals surface area contributed by atoms with E-state index in [0.717, 1.165) is 12.1 Å². The molecule has 0 amide bonds. The monoisotopic (exact) mass is 306 g/mol. The highest BCUT2D eigenvalue weighted by molar-refractivity contribution is 9.10. The second kappa shape index (κ2) is 5.41.